The van der Waals surface area contributed by atoms with Crippen molar-refractivity contribution in [2.45, 2.75) is 50.8 Å². The van der Waals surface area contributed by atoms with Gasteiger partial charge >= 0.3 is 6.03 Å². The molecular formula is C14H23N3O5. The van der Waals surface area contributed by atoms with Gasteiger partial charge < -0.3 is 19.9 Å². The second-order valence-electron chi connectivity index (χ2n) is 5.44. The lowest BCUT2D eigenvalue weighted by atomic mass is 9.99. The number of hydrogen-bond donors (Lipinski definition) is 3. The molecule has 22 heavy (non-hydrogen) atoms. The van der Waals surface area contributed by atoms with Gasteiger partial charge in [0.2, 0.25) is 0 Å². The number of nitrogens with zero attached hydrogens (tertiary/aromatic N) is 1. The van der Waals surface area contributed by atoms with Gasteiger partial charge in [0.05, 0.1) is 13.2 Å². The van der Waals surface area contributed by atoms with E-state index in [9.17, 15) is 9.59 Å². The van der Waals surface area contributed by atoms with Crippen LogP contribution in [0, 0.1) is 0 Å². The molecule has 8 heteroatoms. The van der Waals surface area contributed by atoms with Gasteiger partial charge in [-0.2, -0.15) is 0 Å². The number of rotatable bonds is 7. The summed E-state index contributed by atoms with van der Waals surface area (Å²) in [7, 11) is 0. The maximum Gasteiger partial charge on any atom is 0.325 e. The van der Waals surface area contributed by atoms with Crippen molar-refractivity contribution in [2.24, 2.45) is 5.73 Å². The number of carbonyl (C=O) groups excluding carboxylic acids is 2. The van der Waals surface area contributed by atoms with Crippen LogP contribution in [0.25, 0.3) is 0 Å². The zero-order chi connectivity index (χ0) is 16.2. The number of hydrogen-bond acceptors (Lipinski definition) is 6. The number of Topliss-reactive ketones (excluding diaryl/α,β-unsaturated/α-hetero) is 1. The summed E-state index contributed by atoms with van der Waals surface area (Å²) >= 11 is 0. The van der Waals surface area contributed by atoms with E-state index in [1.165, 1.54) is 17.2 Å². The lowest BCUT2D eigenvalue weighted by Gasteiger charge is -2.35. The molecule has 0 aromatic rings. The fraction of sp³-hybridized carbons (Fsp3) is 0.714. The predicted molar refractivity (Wildman–Crippen MR) is 77.3 cm³/mol. The molecule has 0 aromatic carbocycles. The van der Waals surface area contributed by atoms with Gasteiger partial charge in [0.25, 0.3) is 0 Å². The second kappa shape index (κ2) is 7.19. The van der Waals surface area contributed by atoms with Crippen LogP contribution in [0.5, 0.6) is 0 Å². The number of ketones is 1. The van der Waals surface area contributed by atoms with Crippen LogP contribution in [0.2, 0.25) is 0 Å². The molecular weight excluding hydrogens is 290 g/mol. The molecule has 0 spiro atoms. The Labute approximate surface area is 129 Å². The molecule has 0 saturated carbocycles. The molecule has 0 radical (unpaired) electrons. The van der Waals surface area contributed by atoms with Crippen LogP contribution in [-0.4, -0.2) is 53.2 Å². The van der Waals surface area contributed by atoms with E-state index in [0.29, 0.717) is 6.42 Å². The summed E-state index contributed by atoms with van der Waals surface area (Å²) in [4.78, 5) is 25.6. The van der Waals surface area contributed by atoms with Crippen LogP contribution in [-0.2, 0) is 14.3 Å². The molecule has 2 amide bonds. The Morgan fingerprint density at radius 1 is 1.59 bits per heavy atom. The summed E-state index contributed by atoms with van der Waals surface area (Å²) in [5, 5.41) is 11.5. The first kappa shape index (κ1) is 16.9. The highest BCUT2D eigenvalue weighted by atomic mass is 16.7. The third-order valence-electron chi connectivity index (χ3n) is 3.71. The van der Waals surface area contributed by atoms with Gasteiger partial charge in [-0.3, -0.25) is 15.4 Å². The van der Waals surface area contributed by atoms with E-state index in [0.717, 1.165) is 19.3 Å². The summed E-state index contributed by atoms with van der Waals surface area (Å²) in [6, 6.07) is -0.527. The van der Waals surface area contributed by atoms with Crippen molar-refractivity contribution in [3.8, 4) is 0 Å². The molecule has 2 aliphatic heterocycles. The maximum absolute atomic E-state index is 12.2. The summed E-state index contributed by atoms with van der Waals surface area (Å²) in [5.41, 5.74) is 4.51. The highest BCUT2D eigenvalue weighted by Crippen LogP contribution is 2.20. The molecule has 4 N–H and O–H groups in total. The average Bonchev–Trinajstić information content (AvgIpc) is 2.96. The van der Waals surface area contributed by atoms with Crippen LogP contribution < -0.4 is 11.1 Å². The Kier molecular flexibility index (Phi) is 5.52. The highest BCUT2D eigenvalue weighted by molar-refractivity contribution is 5.95. The summed E-state index contributed by atoms with van der Waals surface area (Å²) in [6.45, 7) is 1.91. The van der Waals surface area contributed by atoms with Crippen molar-refractivity contribution in [1.82, 2.24) is 10.2 Å². The Hall–Kier alpha value is -1.48. The third-order valence-corrected chi connectivity index (χ3v) is 3.71. The number of urea groups is 1. The zero-order valence-corrected chi connectivity index (χ0v) is 12.7. The average molecular weight is 313 g/mol. The van der Waals surface area contributed by atoms with Crippen molar-refractivity contribution in [3.05, 3.63) is 12.3 Å². The minimum absolute atomic E-state index is 0.144. The van der Waals surface area contributed by atoms with Crippen molar-refractivity contribution < 1.29 is 24.2 Å². The molecule has 2 unspecified atom stereocenters. The molecule has 2 heterocycles. The van der Waals surface area contributed by atoms with E-state index in [2.05, 4.69) is 5.32 Å². The Morgan fingerprint density at radius 2 is 2.36 bits per heavy atom. The third kappa shape index (κ3) is 3.64. The van der Waals surface area contributed by atoms with Gasteiger partial charge in [0, 0.05) is 12.6 Å². The lowest BCUT2D eigenvalue weighted by Crippen LogP contribution is -2.65. The molecule has 3 atom stereocenters. The number of aliphatic hydroxyl groups is 1. The van der Waals surface area contributed by atoms with Crippen LogP contribution in [0.3, 0.4) is 0 Å². The first-order valence-corrected chi connectivity index (χ1v) is 7.50. The number of carbonyl (C=O) groups is 2. The van der Waals surface area contributed by atoms with Gasteiger partial charge in [0.1, 0.15) is 0 Å². The molecule has 1 saturated heterocycles. The summed E-state index contributed by atoms with van der Waals surface area (Å²) < 4.78 is 10.5. The first-order chi connectivity index (χ1) is 10.5. The Morgan fingerprint density at radius 3 is 2.95 bits per heavy atom. The number of nitrogens with one attached hydrogen (secondary N) is 1. The molecule has 2 aliphatic rings. The number of unbranched alkanes of at least 4 members (excludes halogenated alkanes) is 2. The van der Waals surface area contributed by atoms with E-state index in [1.54, 1.807) is 0 Å². The quantitative estimate of drug-likeness (QED) is 0.571. The highest BCUT2D eigenvalue weighted by Gasteiger charge is 2.41. The minimum Gasteiger partial charge on any atom is -0.391 e. The molecule has 8 nitrogen and oxygen atoms in total. The fourth-order valence-electron chi connectivity index (χ4n) is 2.37. The van der Waals surface area contributed by atoms with Crippen molar-refractivity contribution >= 4 is 11.8 Å². The standard InChI is InChI=1S/C14H23N3O5/c1-2-3-4-5-10(19)14(15)6-7-17(13(20)16-14)11-9-21-12(8-18)22-11/h6-7,11-12,18H,2-5,8-9,15H2,1H3,(H,16,20)/t11?,12?,14-/m0/s1. The van der Waals surface area contributed by atoms with E-state index in [1.807, 2.05) is 6.92 Å². The largest absolute Gasteiger partial charge is 0.391 e. The first-order valence-electron chi connectivity index (χ1n) is 7.50. The summed E-state index contributed by atoms with van der Waals surface area (Å²) in [6.07, 6.45) is 4.53. The van der Waals surface area contributed by atoms with Crippen molar-refractivity contribution in [3.63, 3.8) is 0 Å². The van der Waals surface area contributed by atoms with Crippen LogP contribution in [0.1, 0.15) is 32.6 Å². The topological polar surface area (TPSA) is 114 Å². The van der Waals surface area contributed by atoms with Gasteiger partial charge in [-0.1, -0.05) is 19.8 Å². The number of ether oxygens (including phenoxy) is 2. The van der Waals surface area contributed by atoms with Crippen molar-refractivity contribution in [1.29, 1.82) is 0 Å². The van der Waals surface area contributed by atoms with Gasteiger partial charge in [-0.25, -0.2) is 4.79 Å². The Bertz CT molecular complexity index is 456. The van der Waals surface area contributed by atoms with Crippen LogP contribution in [0.4, 0.5) is 4.79 Å². The van der Waals surface area contributed by atoms with Gasteiger partial charge in [-0.15, -0.1) is 0 Å². The summed E-state index contributed by atoms with van der Waals surface area (Å²) in [5.74, 6) is -0.220. The number of nitrogens with two attached hydrogens (primary N) is 1. The zero-order valence-electron chi connectivity index (χ0n) is 12.7. The number of aliphatic hydroxyl groups excluding tert-OH is 1. The van der Waals surface area contributed by atoms with Gasteiger partial charge in [0.15, 0.2) is 24.0 Å². The predicted octanol–water partition coefficient (Wildman–Crippen LogP) is 0.0210. The normalized spacial score (nSPS) is 31.4. The van der Waals surface area contributed by atoms with E-state index < -0.39 is 24.2 Å². The molecule has 2 rings (SSSR count). The molecule has 124 valence electrons. The molecule has 0 aliphatic carbocycles. The molecule has 1 fully saturated rings. The number of amides is 2. The van der Waals surface area contributed by atoms with Crippen LogP contribution in [0.15, 0.2) is 12.3 Å². The minimum atomic E-state index is -1.48. The van der Waals surface area contributed by atoms with E-state index >= 15 is 0 Å². The molecule has 0 bridgehead atoms. The van der Waals surface area contributed by atoms with E-state index in [4.69, 9.17) is 20.3 Å². The second-order valence-corrected chi connectivity index (χ2v) is 5.44. The van der Waals surface area contributed by atoms with Gasteiger partial charge in [-0.05, 0) is 12.5 Å². The van der Waals surface area contributed by atoms with Crippen LogP contribution >= 0.6 is 0 Å². The van der Waals surface area contributed by atoms with E-state index in [-0.39, 0.29) is 19.0 Å². The van der Waals surface area contributed by atoms with Crippen molar-refractivity contribution in [2.75, 3.05) is 13.2 Å². The monoisotopic (exact) mass is 313 g/mol. The maximum atomic E-state index is 12.2. The Balaban J connectivity index is 1.98. The smallest absolute Gasteiger partial charge is 0.325 e. The fourth-order valence-corrected chi connectivity index (χ4v) is 2.37. The lowest BCUT2D eigenvalue weighted by molar-refractivity contribution is -0.124. The SMILES string of the molecule is CCCCCC(=O)[C@]1(N)C=CN(C2COC(CO)O2)C(=O)N1. The molecule has 0 aromatic heterocycles.